The van der Waals surface area contributed by atoms with Gasteiger partial charge in [0.15, 0.2) is 0 Å². The molecule has 6 nitrogen and oxygen atoms in total. The summed E-state index contributed by atoms with van der Waals surface area (Å²) in [5.74, 6) is -1.17. The van der Waals surface area contributed by atoms with Crippen LogP contribution in [-0.4, -0.2) is 22.7 Å². The molecule has 0 atom stereocenters. The molecular formula is C24H21N3O3. The lowest BCUT2D eigenvalue weighted by molar-refractivity contribution is 0.0923. The highest BCUT2D eigenvalue weighted by Crippen LogP contribution is 2.29. The zero-order chi connectivity index (χ0) is 21.5. The van der Waals surface area contributed by atoms with E-state index < -0.39 is 11.8 Å². The fourth-order valence-corrected chi connectivity index (χ4v) is 3.35. The molecule has 0 unspecified atom stereocenters. The van der Waals surface area contributed by atoms with Crippen LogP contribution >= 0.6 is 0 Å². The second-order valence-electron chi connectivity index (χ2n) is 8.18. The predicted molar refractivity (Wildman–Crippen MR) is 115 cm³/mol. The summed E-state index contributed by atoms with van der Waals surface area (Å²) in [5, 5.41) is 2.83. The number of carbonyl (C=O) groups excluding carboxylic acids is 3. The third-order valence-electron chi connectivity index (χ3n) is 5.02. The molecule has 0 spiro atoms. The molecule has 3 aromatic rings. The van der Waals surface area contributed by atoms with Gasteiger partial charge in [-0.15, -0.1) is 0 Å². The van der Waals surface area contributed by atoms with Crippen LogP contribution in [0.4, 0.5) is 11.4 Å². The van der Waals surface area contributed by atoms with Gasteiger partial charge in [0.1, 0.15) is 5.69 Å². The highest BCUT2D eigenvalue weighted by molar-refractivity contribution is 6.33. The maximum atomic E-state index is 12.7. The van der Waals surface area contributed by atoms with Crippen molar-refractivity contribution >= 4 is 29.1 Å². The Bertz CT molecular complexity index is 1130. The van der Waals surface area contributed by atoms with E-state index in [9.17, 15) is 14.4 Å². The Kier molecular flexibility index (Phi) is 4.70. The summed E-state index contributed by atoms with van der Waals surface area (Å²) in [5.41, 5.74) is 2.95. The van der Waals surface area contributed by atoms with Gasteiger partial charge in [-0.2, -0.15) is 0 Å². The van der Waals surface area contributed by atoms with Crippen LogP contribution in [0, 0.1) is 0 Å². The summed E-state index contributed by atoms with van der Waals surface area (Å²) in [6, 6.07) is 17.3. The summed E-state index contributed by atoms with van der Waals surface area (Å²) >= 11 is 0. The number of aromatic nitrogens is 1. The maximum Gasteiger partial charge on any atom is 0.284 e. The van der Waals surface area contributed by atoms with E-state index in [-0.39, 0.29) is 22.6 Å². The van der Waals surface area contributed by atoms with E-state index in [1.807, 2.05) is 12.1 Å². The van der Waals surface area contributed by atoms with Crippen molar-refractivity contribution in [1.82, 2.24) is 4.98 Å². The van der Waals surface area contributed by atoms with E-state index in [4.69, 9.17) is 0 Å². The average molecular weight is 399 g/mol. The lowest BCUT2D eigenvalue weighted by Crippen LogP contribution is -2.29. The highest BCUT2D eigenvalue weighted by atomic mass is 16.2. The lowest BCUT2D eigenvalue weighted by Gasteiger charge is -2.19. The summed E-state index contributed by atoms with van der Waals surface area (Å²) in [6.07, 6.45) is 1.48. The van der Waals surface area contributed by atoms with Gasteiger partial charge in [-0.05, 0) is 53.4 Å². The number of nitrogens with zero attached hydrogens (tertiary/aromatic N) is 2. The van der Waals surface area contributed by atoms with E-state index in [0.29, 0.717) is 16.9 Å². The minimum atomic E-state index is -0.475. The van der Waals surface area contributed by atoms with Gasteiger partial charge in [-0.25, -0.2) is 4.90 Å². The molecule has 0 bridgehead atoms. The van der Waals surface area contributed by atoms with Crippen LogP contribution in [0.15, 0.2) is 66.9 Å². The molecule has 0 aliphatic carbocycles. The lowest BCUT2D eigenvalue weighted by atomic mass is 9.87. The van der Waals surface area contributed by atoms with Gasteiger partial charge in [0.25, 0.3) is 17.7 Å². The van der Waals surface area contributed by atoms with Crippen LogP contribution in [0.5, 0.6) is 0 Å². The Morgan fingerprint density at radius 1 is 0.933 bits per heavy atom. The average Bonchev–Trinajstić information content (AvgIpc) is 2.98. The zero-order valence-electron chi connectivity index (χ0n) is 17.0. The van der Waals surface area contributed by atoms with Crippen LogP contribution in [0.1, 0.15) is 57.5 Å². The van der Waals surface area contributed by atoms with Gasteiger partial charge >= 0.3 is 0 Å². The summed E-state index contributed by atoms with van der Waals surface area (Å²) in [7, 11) is 0. The smallest absolute Gasteiger partial charge is 0.284 e. The van der Waals surface area contributed by atoms with Gasteiger partial charge < -0.3 is 5.32 Å². The molecular weight excluding hydrogens is 378 g/mol. The van der Waals surface area contributed by atoms with Crippen molar-refractivity contribution in [3.05, 3.63) is 89.2 Å². The maximum absolute atomic E-state index is 12.7. The fourth-order valence-electron chi connectivity index (χ4n) is 3.35. The number of nitrogens with one attached hydrogen (secondary N) is 1. The van der Waals surface area contributed by atoms with Gasteiger partial charge in [0, 0.05) is 17.4 Å². The molecule has 150 valence electrons. The number of fused-ring (bicyclic) bond motifs is 1. The number of carbonyl (C=O) groups is 3. The Morgan fingerprint density at radius 3 is 2.33 bits per heavy atom. The molecule has 2 aromatic carbocycles. The molecule has 4 rings (SSSR count). The first kappa shape index (κ1) is 19.5. The topological polar surface area (TPSA) is 79.4 Å². The number of rotatable bonds is 3. The normalized spacial score (nSPS) is 13.4. The molecule has 30 heavy (non-hydrogen) atoms. The molecule has 6 heteroatoms. The van der Waals surface area contributed by atoms with Crippen molar-refractivity contribution in [2.24, 2.45) is 0 Å². The van der Waals surface area contributed by atoms with Crippen LogP contribution in [0.3, 0.4) is 0 Å². The van der Waals surface area contributed by atoms with E-state index in [1.165, 1.54) is 6.20 Å². The zero-order valence-corrected chi connectivity index (χ0v) is 17.0. The van der Waals surface area contributed by atoms with E-state index in [0.717, 1.165) is 10.5 Å². The molecule has 1 N–H and O–H groups in total. The fraction of sp³-hybridized carbons (Fsp3) is 0.167. The predicted octanol–water partition coefficient (Wildman–Crippen LogP) is 4.43. The molecule has 0 saturated carbocycles. The van der Waals surface area contributed by atoms with Crippen molar-refractivity contribution in [2.75, 3.05) is 10.2 Å². The van der Waals surface area contributed by atoms with Crippen LogP contribution in [-0.2, 0) is 5.41 Å². The third-order valence-corrected chi connectivity index (χ3v) is 5.02. The van der Waals surface area contributed by atoms with Crippen LogP contribution in [0.25, 0.3) is 0 Å². The first-order valence-electron chi connectivity index (χ1n) is 9.61. The van der Waals surface area contributed by atoms with Crippen molar-refractivity contribution in [1.29, 1.82) is 0 Å². The third kappa shape index (κ3) is 3.48. The Balaban J connectivity index is 1.55. The number of hydrogen-bond donors (Lipinski definition) is 1. The standard InChI is InChI=1S/C24H21N3O3/c1-24(2,3)16-11-9-15(10-12-16)21(28)26-17-6-4-7-18(14-17)27-22(29)19-8-5-13-25-20(19)23(27)30/h4-14H,1-3H3,(H,26,28). The number of imide groups is 1. The Morgan fingerprint density at radius 2 is 1.67 bits per heavy atom. The molecule has 0 saturated heterocycles. The molecule has 0 fully saturated rings. The van der Waals surface area contributed by atoms with Gasteiger partial charge in [0.2, 0.25) is 0 Å². The van der Waals surface area contributed by atoms with Crippen LogP contribution < -0.4 is 10.2 Å². The Hall–Kier alpha value is -3.80. The first-order chi connectivity index (χ1) is 14.3. The number of hydrogen-bond acceptors (Lipinski definition) is 4. The molecule has 0 radical (unpaired) electrons. The molecule has 1 aliphatic heterocycles. The van der Waals surface area contributed by atoms with E-state index >= 15 is 0 Å². The van der Waals surface area contributed by atoms with Crippen molar-refractivity contribution in [2.45, 2.75) is 26.2 Å². The monoisotopic (exact) mass is 399 g/mol. The number of anilines is 2. The minimum Gasteiger partial charge on any atom is -0.322 e. The van der Waals surface area contributed by atoms with Crippen molar-refractivity contribution < 1.29 is 14.4 Å². The van der Waals surface area contributed by atoms with Crippen molar-refractivity contribution in [3.63, 3.8) is 0 Å². The number of amides is 3. The minimum absolute atomic E-state index is 0.00454. The van der Waals surface area contributed by atoms with E-state index in [2.05, 4.69) is 31.1 Å². The first-order valence-corrected chi connectivity index (χ1v) is 9.61. The molecule has 3 amide bonds. The quantitative estimate of drug-likeness (QED) is 0.661. The SMILES string of the molecule is CC(C)(C)c1ccc(C(=O)Nc2cccc(N3C(=O)c4cccnc4C3=O)c2)cc1. The second kappa shape index (κ2) is 7.22. The second-order valence-corrected chi connectivity index (χ2v) is 8.18. The van der Waals surface area contributed by atoms with E-state index in [1.54, 1.807) is 48.5 Å². The molecule has 2 heterocycles. The molecule has 1 aliphatic rings. The number of benzene rings is 2. The number of pyridine rings is 1. The van der Waals surface area contributed by atoms with Crippen LogP contribution in [0.2, 0.25) is 0 Å². The van der Waals surface area contributed by atoms with Gasteiger partial charge in [-0.3, -0.25) is 19.4 Å². The largest absolute Gasteiger partial charge is 0.322 e. The van der Waals surface area contributed by atoms with Crippen molar-refractivity contribution in [3.8, 4) is 0 Å². The van der Waals surface area contributed by atoms with Gasteiger partial charge in [0.05, 0.1) is 11.3 Å². The summed E-state index contributed by atoms with van der Waals surface area (Å²) < 4.78 is 0. The summed E-state index contributed by atoms with van der Waals surface area (Å²) in [6.45, 7) is 6.34. The summed E-state index contributed by atoms with van der Waals surface area (Å²) in [4.78, 5) is 43.0. The van der Waals surface area contributed by atoms with Gasteiger partial charge in [-0.1, -0.05) is 39.0 Å². The highest BCUT2D eigenvalue weighted by Gasteiger charge is 2.37. The molecule has 1 aromatic heterocycles. The Labute approximate surface area is 174 Å².